The van der Waals surface area contributed by atoms with Crippen LogP contribution in [0.4, 0.5) is 0 Å². The summed E-state index contributed by atoms with van der Waals surface area (Å²) in [7, 11) is 0. The molecular formula is C13H12Fe. The van der Waals surface area contributed by atoms with Gasteiger partial charge in [0.15, 0.2) is 0 Å². The molecule has 3 aliphatic carbocycles. The van der Waals surface area contributed by atoms with E-state index in [1.165, 1.54) is 17.9 Å². The molecule has 0 bridgehead atoms. The summed E-state index contributed by atoms with van der Waals surface area (Å²) in [6.07, 6.45) is 21.9. The summed E-state index contributed by atoms with van der Waals surface area (Å²) in [6, 6.07) is 0. The van der Waals surface area contributed by atoms with Gasteiger partial charge in [0, 0.05) is 23.0 Å². The third-order valence-corrected chi connectivity index (χ3v) is 2.00. The molecule has 0 heterocycles. The second kappa shape index (κ2) is 6.69. The molecule has 14 heavy (non-hydrogen) atoms. The SMILES string of the molecule is [CH]1[CH][CH][CH][CH]1.[CH]1[CH][CH][C](C2=CC2)[CH]1.[Fe]. The molecule has 0 saturated heterocycles. The van der Waals surface area contributed by atoms with Crippen LogP contribution in [0, 0.1) is 63.7 Å². The van der Waals surface area contributed by atoms with Crippen molar-refractivity contribution in [3.05, 3.63) is 75.4 Å². The Morgan fingerprint density at radius 2 is 1.14 bits per heavy atom. The van der Waals surface area contributed by atoms with Gasteiger partial charge in [-0.1, -0.05) is 11.6 Å². The van der Waals surface area contributed by atoms with Crippen LogP contribution in [-0.2, 0) is 17.1 Å². The second-order valence-corrected chi connectivity index (χ2v) is 3.07. The average Bonchev–Trinajstić information content (AvgIpc) is 2.75. The summed E-state index contributed by atoms with van der Waals surface area (Å²) in [5, 5.41) is 0. The maximum atomic E-state index is 2.25. The molecule has 0 nitrogen and oxygen atoms in total. The van der Waals surface area contributed by atoms with E-state index in [1.807, 2.05) is 32.1 Å². The molecule has 0 amide bonds. The van der Waals surface area contributed by atoms with Crippen molar-refractivity contribution in [1.82, 2.24) is 0 Å². The van der Waals surface area contributed by atoms with Gasteiger partial charge in [0.05, 0.1) is 0 Å². The van der Waals surface area contributed by atoms with Crippen molar-refractivity contribution < 1.29 is 17.1 Å². The van der Waals surface area contributed by atoms with Crippen LogP contribution >= 0.6 is 0 Å². The Morgan fingerprint density at radius 3 is 1.50 bits per heavy atom. The fraction of sp³-hybridized carbons (Fsp3) is 0.0769. The van der Waals surface area contributed by atoms with Crippen LogP contribution in [0.2, 0.25) is 0 Å². The number of hydrogen-bond acceptors (Lipinski definition) is 0. The Morgan fingerprint density at radius 1 is 0.714 bits per heavy atom. The normalized spacial score (nSPS) is 24.7. The second-order valence-electron chi connectivity index (χ2n) is 3.07. The van der Waals surface area contributed by atoms with E-state index in [0.717, 1.165) is 0 Å². The number of hydrogen-bond donors (Lipinski definition) is 0. The zero-order chi connectivity index (χ0) is 8.93. The standard InChI is InChI=1S/C8H7.C5H5.Fe/c1-2-4-7(3-1)8-5-6-8;1-2-4-5-3-1;/h1-5H,6H2;1-5H;. The molecule has 0 aromatic rings. The molecule has 0 aliphatic heterocycles. The van der Waals surface area contributed by atoms with Gasteiger partial charge < -0.3 is 0 Å². The van der Waals surface area contributed by atoms with E-state index >= 15 is 0 Å². The Hall–Kier alpha value is 0.259. The molecular weight excluding hydrogens is 212 g/mol. The minimum atomic E-state index is 0. The quantitative estimate of drug-likeness (QED) is 0.600. The molecule has 0 aromatic heterocycles. The molecule has 0 atom stereocenters. The summed E-state index contributed by atoms with van der Waals surface area (Å²) in [5.74, 6) is 1.41. The molecule has 0 N–H and O–H groups in total. The van der Waals surface area contributed by atoms with E-state index in [9.17, 15) is 0 Å². The third-order valence-electron chi connectivity index (χ3n) is 2.00. The first-order chi connectivity index (χ1) is 6.47. The topological polar surface area (TPSA) is 0 Å². The van der Waals surface area contributed by atoms with Gasteiger partial charge in [-0.3, -0.25) is 0 Å². The van der Waals surface area contributed by atoms with E-state index in [2.05, 4.69) is 31.8 Å². The van der Waals surface area contributed by atoms with Crippen molar-refractivity contribution in [1.29, 1.82) is 0 Å². The van der Waals surface area contributed by atoms with Crippen LogP contribution in [0.25, 0.3) is 0 Å². The van der Waals surface area contributed by atoms with Gasteiger partial charge in [0.2, 0.25) is 0 Å². The molecule has 10 radical (unpaired) electrons. The van der Waals surface area contributed by atoms with Crippen molar-refractivity contribution in [2.75, 3.05) is 0 Å². The largest absolute Gasteiger partial charge is 0.0803 e. The molecule has 0 spiro atoms. The molecule has 2 saturated carbocycles. The van der Waals surface area contributed by atoms with E-state index in [-0.39, 0.29) is 17.1 Å². The Labute approximate surface area is 99.0 Å². The number of rotatable bonds is 1. The van der Waals surface area contributed by atoms with Crippen LogP contribution in [0.1, 0.15) is 6.42 Å². The minimum Gasteiger partial charge on any atom is -0.0803 e. The molecule has 1 heteroatoms. The Kier molecular flexibility index (Phi) is 5.89. The van der Waals surface area contributed by atoms with Crippen LogP contribution in [0.3, 0.4) is 0 Å². The molecule has 0 aromatic carbocycles. The fourth-order valence-electron chi connectivity index (χ4n) is 1.20. The molecule has 2 fully saturated rings. The zero-order valence-electron chi connectivity index (χ0n) is 7.83. The first kappa shape index (κ1) is 12.3. The molecule has 3 aliphatic rings. The van der Waals surface area contributed by atoms with Gasteiger partial charge in [0.1, 0.15) is 0 Å². The van der Waals surface area contributed by atoms with Crippen LogP contribution in [0.15, 0.2) is 11.6 Å². The third kappa shape index (κ3) is 4.19. The van der Waals surface area contributed by atoms with E-state index in [1.54, 1.807) is 0 Å². The van der Waals surface area contributed by atoms with Crippen LogP contribution < -0.4 is 0 Å². The Bertz CT molecular complexity index is 166. The predicted octanol–water partition coefficient (Wildman–Crippen LogP) is 2.74. The van der Waals surface area contributed by atoms with Gasteiger partial charge >= 0.3 is 0 Å². The van der Waals surface area contributed by atoms with Crippen molar-refractivity contribution in [3.63, 3.8) is 0 Å². The number of allylic oxidation sites excluding steroid dienone is 2. The maximum Gasteiger partial charge on any atom is 0.00828 e. The maximum absolute atomic E-state index is 2.25. The molecule has 0 unspecified atom stereocenters. The summed E-state index contributed by atoms with van der Waals surface area (Å²) in [4.78, 5) is 0. The van der Waals surface area contributed by atoms with Gasteiger partial charge in [0.25, 0.3) is 0 Å². The van der Waals surface area contributed by atoms with Crippen molar-refractivity contribution >= 4 is 0 Å². The van der Waals surface area contributed by atoms with Crippen LogP contribution in [0.5, 0.6) is 0 Å². The first-order valence-corrected chi connectivity index (χ1v) is 4.54. The Balaban J connectivity index is 0.000000144. The first-order valence-electron chi connectivity index (χ1n) is 4.54. The average molecular weight is 224 g/mol. The summed E-state index contributed by atoms with van der Waals surface area (Å²) in [5.41, 5.74) is 1.51. The smallest absolute Gasteiger partial charge is 0.00828 e. The van der Waals surface area contributed by atoms with Crippen molar-refractivity contribution in [2.24, 2.45) is 0 Å². The summed E-state index contributed by atoms with van der Waals surface area (Å²) < 4.78 is 0. The monoisotopic (exact) mass is 224 g/mol. The van der Waals surface area contributed by atoms with Crippen LogP contribution in [-0.4, -0.2) is 0 Å². The summed E-state index contributed by atoms with van der Waals surface area (Å²) >= 11 is 0. The van der Waals surface area contributed by atoms with Gasteiger partial charge in [-0.15, -0.1) is 0 Å². The molecule has 3 rings (SSSR count). The van der Waals surface area contributed by atoms with Gasteiger partial charge in [-0.2, -0.15) is 0 Å². The zero-order valence-corrected chi connectivity index (χ0v) is 8.94. The van der Waals surface area contributed by atoms with Gasteiger partial charge in [-0.25, -0.2) is 0 Å². The van der Waals surface area contributed by atoms with E-state index in [0.29, 0.717) is 0 Å². The summed E-state index contributed by atoms with van der Waals surface area (Å²) in [6.45, 7) is 0. The molecule has 72 valence electrons. The predicted molar refractivity (Wildman–Crippen MR) is 54.6 cm³/mol. The van der Waals surface area contributed by atoms with Crippen molar-refractivity contribution in [3.8, 4) is 0 Å². The van der Waals surface area contributed by atoms with E-state index < -0.39 is 0 Å². The van der Waals surface area contributed by atoms with Gasteiger partial charge in [-0.05, 0) is 64.2 Å². The van der Waals surface area contributed by atoms with E-state index in [4.69, 9.17) is 0 Å². The minimum absolute atomic E-state index is 0. The van der Waals surface area contributed by atoms with Crippen molar-refractivity contribution in [2.45, 2.75) is 6.42 Å². The fourth-order valence-corrected chi connectivity index (χ4v) is 1.20.